The molecule has 1 saturated carbocycles. The maximum atomic E-state index is 15.0. The second-order valence-electron chi connectivity index (χ2n) is 8.44. The molecule has 32 heavy (non-hydrogen) atoms. The van der Waals surface area contributed by atoms with Crippen molar-refractivity contribution >= 4 is 11.7 Å². The lowest BCUT2D eigenvalue weighted by Gasteiger charge is -2.14. The van der Waals surface area contributed by atoms with Crippen LogP contribution >= 0.6 is 0 Å². The summed E-state index contributed by atoms with van der Waals surface area (Å²) in [6.45, 7) is 2.67. The van der Waals surface area contributed by atoms with Gasteiger partial charge in [0.25, 0.3) is 0 Å². The van der Waals surface area contributed by atoms with E-state index in [-0.39, 0.29) is 11.7 Å². The Morgan fingerprint density at radius 1 is 1.12 bits per heavy atom. The van der Waals surface area contributed by atoms with Crippen LogP contribution in [0, 0.1) is 17.1 Å². The van der Waals surface area contributed by atoms with E-state index in [0.717, 1.165) is 41.7 Å². The van der Waals surface area contributed by atoms with Crippen LogP contribution in [0.15, 0.2) is 65.3 Å². The van der Waals surface area contributed by atoms with Gasteiger partial charge in [-0.1, -0.05) is 36.4 Å². The number of amides is 1. The molecule has 2 aromatic carbocycles. The van der Waals surface area contributed by atoms with Gasteiger partial charge in [0.2, 0.25) is 5.91 Å². The van der Waals surface area contributed by atoms with E-state index in [0.29, 0.717) is 36.3 Å². The van der Waals surface area contributed by atoms with Gasteiger partial charge in [0.1, 0.15) is 17.4 Å². The molecular weight excluding hydrogens is 405 g/mol. The first-order valence-corrected chi connectivity index (χ1v) is 11.0. The first kappa shape index (κ1) is 21.8. The maximum absolute atomic E-state index is 15.0. The third kappa shape index (κ3) is 5.25. The van der Waals surface area contributed by atoms with Crippen LogP contribution in [0.25, 0.3) is 11.1 Å². The Balaban J connectivity index is 1.38. The SMILES string of the molecule is CC(=O)NCC1CCC(c2ccc(-c3ccc(C(=N)NCc4ccco4)cc3)c(F)c2)C1. The molecule has 166 valence electrons. The van der Waals surface area contributed by atoms with Gasteiger partial charge < -0.3 is 15.1 Å². The van der Waals surface area contributed by atoms with Gasteiger partial charge in [0.15, 0.2) is 0 Å². The molecule has 2 atom stereocenters. The van der Waals surface area contributed by atoms with Crippen molar-refractivity contribution in [3.63, 3.8) is 0 Å². The lowest BCUT2D eigenvalue weighted by Crippen LogP contribution is -2.25. The molecule has 1 amide bonds. The van der Waals surface area contributed by atoms with E-state index in [1.165, 1.54) is 6.92 Å². The van der Waals surface area contributed by atoms with E-state index in [1.807, 2.05) is 48.5 Å². The van der Waals surface area contributed by atoms with Gasteiger partial charge in [-0.2, -0.15) is 0 Å². The Bertz CT molecular complexity index is 1080. The molecule has 1 heterocycles. The van der Waals surface area contributed by atoms with E-state index in [1.54, 1.807) is 12.3 Å². The average molecular weight is 434 g/mol. The van der Waals surface area contributed by atoms with Crippen LogP contribution in [0.1, 0.15) is 49.0 Å². The van der Waals surface area contributed by atoms with Crippen LogP contribution in [0.3, 0.4) is 0 Å². The molecule has 1 aliphatic rings. The number of hydrogen-bond acceptors (Lipinski definition) is 3. The number of halogens is 1. The molecule has 3 N–H and O–H groups in total. The Labute approximate surface area is 187 Å². The molecule has 0 saturated heterocycles. The molecule has 5 nitrogen and oxygen atoms in total. The zero-order chi connectivity index (χ0) is 22.5. The first-order valence-electron chi connectivity index (χ1n) is 11.0. The number of benzene rings is 2. The highest BCUT2D eigenvalue weighted by molar-refractivity contribution is 5.96. The molecule has 0 spiro atoms. The van der Waals surface area contributed by atoms with E-state index in [4.69, 9.17) is 9.83 Å². The molecule has 4 rings (SSSR count). The van der Waals surface area contributed by atoms with Crippen molar-refractivity contribution in [3.8, 4) is 11.1 Å². The van der Waals surface area contributed by atoms with E-state index < -0.39 is 0 Å². The van der Waals surface area contributed by atoms with Gasteiger partial charge in [-0.25, -0.2) is 4.39 Å². The van der Waals surface area contributed by atoms with Crippen molar-refractivity contribution in [1.29, 1.82) is 5.41 Å². The molecule has 1 aliphatic carbocycles. The number of nitrogens with one attached hydrogen (secondary N) is 3. The van der Waals surface area contributed by atoms with E-state index in [9.17, 15) is 9.18 Å². The van der Waals surface area contributed by atoms with Crippen LogP contribution in [0.4, 0.5) is 4.39 Å². The summed E-state index contributed by atoms with van der Waals surface area (Å²) in [5, 5.41) is 14.1. The predicted molar refractivity (Wildman–Crippen MR) is 123 cm³/mol. The first-order chi connectivity index (χ1) is 15.5. The van der Waals surface area contributed by atoms with Gasteiger partial charge in [0, 0.05) is 24.6 Å². The highest BCUT2D eigenvalue weighted by Crippen LogP contribution is 2.39. The summed E-state index contributed by atoms with van der Waals surface area (Å²) in [6.07, 6.45) is 4.65. The van der Waals surface area contributed by atoms with Gasteiger partial charge in [-0.05, 0) is 60.4 Å². The second-order valence-corrected chi connectivity index (χ2v) is 8.44. The second kappa shape index (κ2) is 9.81. The predicted octanol–water partition coefficient (Wildman–Crippen LogP) is 5.22. The molecule has 3 aromatic rings. The van der Waals surface area contributed by atoms with Crippen LogP contribution in [-0.4, -0.2) is 18.3 Å². The largest absolute Gasteiger partial charge is 0.467 e. The minimum absolute atomic E-state index is 0.00157. The van der Waals surface area contributed by atoms with Gasteiger partial charge >= 0.3 is 0 Å². The monoisotopic (exact) mass is 433 g/mol. The van der Waals surface area contributed by atoms with Crippen molar-refractivity contribution < 1.29 is 13.6 Å². The van der Waals surface area contributed by atoms with E-state index >= 15 is 0 Å². The van der Waals surface area contributed by atoms with Crippen LogP contribution < -0.4 is 10.6 Å². The van der Waals surface area contributed by atoms with Gasteiger partial charge in [-0.15, -0.1) is 0 Å². The van der Waals surface area contributed by atoms with Crippen LogP contribution in [0.2, 0.25) is 0 Å². The zero-order valence-electron chi connectivity index (χ0n) is 18.2. The van der Waals surface area contributed by atoms with Crippen molar-refractivity contribution in [3.05, 3.63) is 83.6 Å². The number of rotatable bonds is 7. The minimum atomic E-state index is -0.230. The summed E-state index contributed by atoms with van der Waals surface area (Å²) in [5.74, 6) is 1.61. The third-order valence-electron chi connectivity index (χ3n) is 6.15. The van der Waals surface area contributed by atoms with Crippen molar-refractivity contribution in [2.24, 2.45) is 5.92 Å². The third-order valence-corrected chi connectivity index (χ3v) is 6.15. The molecule has 0 radical (unpaired) electrons. The molecule has 2 unspecified atom stereocenters. The number of carbonyl (C=O) groups is 1. The molecule has 6 heteroatoms. The summed E-state index contributed by atoms with van der Waals surface area (Å²) in [4.78, 5) is 11.1. The molecule has 0 aliphatic heterocycles. The number of furan rings is 1. The lowest BCUT2D eigenvalue weighted by molar-refractivity contribution is -0.119. The number of carbonyl (C=O) groups excluding carboxylic acids is 1. The van der Waals surface area contributed by atoms with Crippen LogP contribution in [-0.2, 0) is 11.3 Å². The normalized spacial score (nSPS) is 17.8. The van der Waals surface area contributed by atoms with Crippen LogP contribution in [0.5, 0.6) is 0 Å². The lowest BCUT2D eigenvalue weighted by atomic mass is 9.93. The Morgan fingerprint density at radius 2 is 1.94 bits per heavy atom. The fourth-order valence-corrected chi connectivity index (χ4v) is 4.38. The fraction of sp³-hybridized carbons (Fsp3) is 0.308. The summed E-state index contributed by atoms with van der Waals surface area (Å²) in [5.41, 5.74) is 3.10. The number of hydrogen-bond donors (Lipinski definition) is 3. The fourth-order valence-electron chi connectivity index (χ4n) is 4.38. The molecule has 1 fully saturated rings. The Hall–Kier alpha value is -3.41. The smallest absolute Gasteiger partial charge is 0.216 e. The van der Waals surface area contributed by atoms with Crippen molar-refractivity contribution in [2.45, 2.75) is 38.6 Å². The highest BCUT2D eigenvalue weighted by Gasteiger charge is 2.26. The highest BCUT2D eigenvalue weighted by atomic mass is 19.1. The summed E-state index contributed by atoms with van der Waals surface area (Å²) in [6, 6.07) is 16.5. The van der Waals surface area contributed by atoms with Gasteiger partial charge in [0.05, 0.1) is 12.8 Å². The Kier molecular flexibility index (Phi) is 6.69. The zero-order valence-corrected chi connectivity index (χ0v) is 18.2. The van der Waals surface area contributed by atoms with E-state index in [2.05, 4.69) is 10.6 Å². The molecule has 1 aromatic heterocycles. The Morgan fingerprint density at radius 3 is 2.62 bits per heavy atom. The molecule has 0 bridgehead atoms. The standard InChI is InChI=1S/C26H28FN3O2/c1-17(31)29-15-18-4-5-21(13-18)22-10-11-24(25(27)14-22)19-6-8-20(9-7-19)26(28)30-16-23-3-2-12-32-23/h2-3,6-12,14,18,21H,4-5,13,15-16H2,1H3,(H2,28,30)(H,29,31). The summed E-state index contributed by atoms with van der Waals surface area (Å²) < 4.78 is 20.2. The van der Waals surface area contributed by atoms with Crippen molar-refractivity contribution in [1.82, 2.24) is 10.6 Å². The summed E-state index contributed by atoms with van der Waals surface area (Å²) in [7, 11) is 0. The maximum Gasteiger partial charge on any atom is 0.216 e. The summed E-state index contributed by atoms with van der Waals surface area (Å²) >= 11 is 0. The average Bonchev–Trinajstić information content (AvgIpc) is 3.48. The minimum Gasteiger partial charge on any atom is -0.467 e. The molecular formula is C26H28FN3O2. The van der Waals surface area contributed by atoms with Crippen molar-refractivity contribution in [2.75, 3.05) is 6.54 Å². The van der Waals surface area contributed by atoms with Gasteiger partial charge in [-0.3, -0.25) is 10.2 Å². The topological polar surface area (TPSA) is 78.1 Å². The quantitative estimate of drug-likeness (QED) is 0.353. The number of amidine groups is 1.